The van der Waals surface area contributed by atoms with Crippen molar-refractivity contribution in [3.05, 3.63) is 34.3 Å². The second kappa shape index (κ2) is 7.27. The van der Waals surface area contributed by atoms with Crippen molar-refractivity contribution in [3.63, 3.8) is 0 Å². The molecule has 5 heteroatoms. The predicted octanol–water partition coefficient (Wildman–Crippen LogP) is 2.68. The number of guanidine groups is 1. The maximum absolute atomic E-state index is 4.39. The van der Waals surface area contributed by atoms with E-state index in [2.05, 4.69) is 80.9 Å². The van der Waals surface area contributed by atoms with Crippen LogP contribution >= 0.6 is 15.9 Å². The number of nitrogens with zero attached hydrogens (tertiary/aromatic N) is 4. The zero-order valence-electron chi connectivity index (χ0n) is 13.4. The smallest absolute Gasteiger partial charge is 0.195 e. The molecule has 1 atom stereocenters. The van der Waals surface area contributed by atoms with E-state index < -0.39 is 0 Å². The molecule has 2 rings (SSSR count). The highest BCUT2D eigenvalue weighted by Gasteiger charge is 2.24. The van der Waals surface area contributed by atoms with E-state index in [1.807, 2.05) is 7.05 Å². The van der Waals surface area contributed by atoms with Gasteiger partial charge >= 0.3 is 0 Å². The second-order valence-corrected chi connectivity index (χ2v) is 6.58. The first kappa shape index (κ1) is 16.3. The first-order chi connectivity index (χ1) is 10.0. The van der Waals surface area contributed by atoms with Crippen LogP contribution in [0.1, 0.15) is 18.5 Å². The molecule has 0 amide bonds. The van der Waals surface area contributed by atoms with Crippen molar-refractivity contribution < 1.29 is 0 Å². The van der Waals surface area contributed by atoms with Gasteiger partial charge in [-0.3, -0.25) is 9.89 Å². The molecule has 0 saturated carbocycles. The third-order valence-corrected chi connectivity index (χ3v) is 4.63. The van der Waals surface area contributed by atoms with E-state index in [0.29, 0.717) is 6.04 Å². The molecule has 1 unspecified atom stereocenters. The summed E-state index contributed by atoms with van der Waals surface area (Å²) in [5.74, 6) is 1.07. The SMILES string of the molecule is CN=C(N(C)C)N1CCN(C(C)c2ccc(Br)cc2)CC1. The molecule has 4 nitrogen and oxygen atoms in total. The molecule has 1 aliphatic heterocycles. The monoisotopic (exact) mass is 352 g/mol. The average molecular weight is 353 g/mol. The molecule has 0 N–H and O–H groups in total. The number of hydrogen-bond acceptors (Lipinski definition) is 2. The zero-order chi connectivity index (χ0) is 15.4. The van der Waals surface area contributed by atoms with Gasteiger partial charge in [0.1, 0.15) is 0 Å². The Hall–Kier alpha value is -1.07. The summed E-state index contributed by atoms with van der Waals surface area (Å²) in [7, 11) is 5.98. The van der Waals surface area contributed by atoms with Gasteiger partial charge < -0.3 is 9.80 Å². The molecule has 116 valence electrons. The molecular weight excluding hydrogens is 328 g/mol. The summed E-state index contributed by atoms with van der Waals surface area (Å²) < 4.78 is 1.14. The van der Waals surface area contributed by atoms with Gasteiger partial charge in [-0.1, -0.05) is 28.1 Å². The number of piperazine rings is 1. The normalized spacial score (nSPS) is 18.7. The number of aliphatic imine (C=N–C) groups is 1. The van der Waals surface area contributed by atoms with Crippen LogP contribution in [0.15, 0.2) is 33.7 Å². The van der Waals surface area contributed by atoms with E-state index in [1.165, 1.54) is 5.56 Å². The van der Waals surface area contributed by atoms with Gasteiger partial charge in [0.15, 0.2) is 5.96 Å². The van der Waals surface area contributed by atoms with Crippen LogP contribution < -0.4 is 0 Å². The van der Waals surface area contributed by atoms with E-state index in [9.17, 15) is 0 Å². The summed E-state index contributed by atoms with van der Waals surface area (Å²) in [6.07, 6.45) is 0. The maximum Gasteiger partial charge on any atom is 0.195 e. The Balaban J connectivity index is 1.96. The summed E-state index contributed by atoms with van der Waals surface area (Å²) in [6.45, 7) is 6.51. The van der Waals surface area contributed by atoms with Gasteiger partial charge in [0, 0.05) is 57.8 Å². The van der Waals surface area contributed by atoms with Crippen LogP contribution in [0.3, 0.4) is 0 Å². The van der Waals surface area contributed by atoms with Gasteiger partial charge in [-0.05, 0) is 24.6 Å². The topological polar surface area (TPSA) is 22.1 Å². The van der Waals surface area contributed by atoms with Crippen LogP contribution in [-0.4, -0.2) is 68.0 Å². The highest BCUT2D eigenvalue weighted by Crippen LogP contribution is 2.23. The van der Waals surface area contributed by atoms with Crippen molar-refractivity contribution in [3.8, 4) is 0 Å². The quantitative estimate of drug-likeness (QED) is 0.603. The fourth-order valence-corrected chi connectivity index (χ4v) is 3.15. The predicted molar refractivity (Wildman–Crippen MR) is 92.7 cm³/mol. The first-order valence-corrected chi connectivity index (χ1v) is 8.20. The lowest BCUT2D eigenvalue weighted by molar-refractivity contribution is 0.134. The van der Waals surface area contributed by atoms with Crippen LogP contribution in [-0.2, 0) is 0 Å². The molecule has 1 heterocycles. The number of rotatable bonds is 2. The number of halogens is 1. The minimum atomic E-state index is 0.460. The van der Waals surface area contributed by atoms with Crippen molar-refractivity contribution in [2.45, 2.75) is 13.0 Å². The van der Waals surface area contributed by atoms with Crippen molar-refractivity contribution in [1.82, 2.24) is 14.7 Å². The molecule has 1 saturated heterocycles. The summed E-state index contributed by atoms with van der Waals surface area (Å²) >= 11 is 3.50. The molecule has 21 heavy (non-hydrogen) atoms. The molecule has 1 aliphatic rings. The largest absolute Gasteiger partial charge is 0.349 e. The fraction of sp³-hybridized carbons (Fsp3) is 0.562. The molecule has 1 aromatic carbocycles. The Bertz CT molecular complexity index is 476. The van der Waals surface area contributed by atoms with Gasteiger partial charge in [-0.15, -0.1) is 0 Å². The molecule has 1 aromatic rings. The molecule has 1 fully saturated rings. The molecule has 0 spiro atoms. The lowest BCUT2D eigenvalue weighted by Crippen LogP contribution is -2.52. The van der Waals surface area contributed by atoms with Crippen LogP contribution in [0.2, 0.25) is 0 Å². The Morgan fingerprint density at radius 1 is 1.14 bits per heavy atom. The van der Waals surface area contributed by atoms with E-state index in [4.69, 9.17) is 0 Å². The third kappa shape index (κ3) is 3.98. The maximum atomic E-state index is 4.39. The van der Waals surface area contributed by atoms with Crippen molar-refractivity contribution in [1.29, 1.82) is 0 Å². The van der Waals surface area contributed by atoms with Gasteiger partial charge in [0.2, 0.25) is 0 Å². The van der Waals surface area contributed by atoms with Gasteiger partial charge in [0.05, 0.1) is 0 Å². The van der Waals surface area contributed by atoms with E-state index in [0.717, 1.165) is 36.6 Å². The van der Waals surface area contributed by atoms with Crippen molar-refractivity contribution in [2.75, 3.05) is 47.3 Å². The van der Waals surface area contributed by atoms with E-state index in [1.54, 1.807) is 0 Å². The van der Waals surface area contributed by atoms with Gasteiger partial charge in [0.25, 0.3) is 0 Å². The number of hydrogen-bond donors (Lipinski definition) is 0. The molecule has 0 radical (unpaired) electrons. The zero-order valence-corrected chi connectivity index (χ0v) is 15.0. The second-order valence-electron chi connectivity index (χ2n) is 5.67. The van der Waals surface area contributed by atoms with Crippen LogP contribution in [0.5, 0.6) is 0 Å². The van der Waals surface area contributed by atoms with Gasteiger partial charge in [-0.2, -0.15) is 0 Å². The van der Waals surface area contributed by atoms with E-state index in [-0.39, 0.29) is 0 Å². The van der Waals surface area contributed by atoms with Crippen LogP contribution in [0, 0.1) is 0 Å². The summed E-state index contributed by atoms with van der Waals surface area (Å²) in [5, 5.41) is 0. The Kier molecular flexibility index (Phi) is 5.65. The molecule has 0 aromatic heterocycles. The average Bonchev–Trinajstić information content (AvgIpc) is 2.48. The molecule has 0 bridgehead atoms. The van der Waals surface area contributed by atoms with Crippen LogP contribution in [0.4, 0.5) is 0 Å². The Labute approximate surface area is 136 Å². The standard InChI is InChI=1S/C16H25BrN4/c1-13(14-5-7-15(17)8-6-14)20-9-11-21(12-10-20)16(18-2)19(3)4/h5-8,13H,9-12H2,1-4H3. The first-order valence-electron chi connectivity index (χ1n) is 7.41. The molecular formula is C16H25BrN4. The Morgan fingerprint density at radius 2 is 1.71 bits per heavy atom. The van der Waals surface area contributed by atoms with Gasteiger partial charge in [-0.25, -0.2) is 0 Å². The minimum Gasteiger partial charge on any atom is -0.349 e. The lowest BCUT2D eigenvalue weighted by atomic mass is 10.1. The number of benzene rings is 1. The summed E-state index contributed by atoms with van der Waals surface area (Å²) in [6, 6.07) is 9.12. The highest BCUT2D eigenvalue weighted by atomic mass is 79.9. The van der Waals surface area contributed by atoms with E-state index >= 15 is 0 Å². The van der Waals surface area contributed by atoms with Crippen LogP contribution in [0.25, 0.3) is 0 Å². The van der Waals surface area contributed by atoms with Crippen molar-refractivity contribution in [2.24, 2.45) is 4.99 Å². The highest BCUT2D eigenvalue weighted by molar-refractivity contribution is 9.10. The van der Waals surface area contributed by atoms with Crippen molar-refractivity contribution >= 4 is 21.9 Å². The fourth-order valence-electron chi connectivity index (χ4n) is 2.89. The summed E-state index contributed by atoms with van der Waals surface area (Å²) in [5.41, 5.74) is 1.38. The molecule has 0 aliphatic carbocycles. The summed E-state index contributed by atoms with van der Waals surface area (Å²) in [4.78, 5) is 11.4. The minimum absolute atomic E-state index is 0.460. The lowest BCUT2D eigenvalue weighted by Gasteiger charge is -2.40. The Morgan fingerprint density at radius 3 is 2.19 bits per heavy atom. The third-order valence-electron chi connectivity index (χ3n) is 4.10.